The van der Waals surface area contributed by atoms with Gasteiger partial charge in [0.25, 0.3) is 0 Å². The molecule has 1 nitrogen and oxygen atoms in total. The fraction of sp³-hybridized carbons (Fsp3) is 0.667. The first-order valence-electron chi connectivity index (χ1n) is 1.46. The maximum Gasteiger partial charge on any atom is 0.183 e. The Bertz CT molecular complexity index is 50.2. The lowest BCUT2D eigenvalue weighted by molar-refractivity contribution is -0.112. The van der Waals surface area contributed by atoms with Crippen LogP contribution in [0.3, 0.4) is 0 Å². The van der Waals surface area contributed by atoms with Crippen LogP contribution < -0.4 is 0 Å². The molecule has 0 aromatic carbocycles. The molecule has 44 valence electrons. The van der Waals surface area contributed by atoms with E-state index < -0.39 is 12.8 Å². The summed E-state index contributed by atoms with van der Waals surface area (Å²) in [6, 6.07) is 0. The Morgan fingerprint density at radius 1 is 1.71 bits per heavy atom. The molecule has 1 unspecified atom stereocenters. The van der Waals surface area contributed by atoms with Crippen LogP contribution in [0.15, 0.2) is 0 Å². The quantitative estimate of drug-likeness (QED) is 0.508. The number of carbonyl (C=O) groups excluding carboxylic acids is 1. The summed E-state index contributed by atoms with van der Waals surface area (Å²) in [4.78, 5) is 9.12. The van der Waals surface area contributed by atoms with Crippen LogP contribution in [0, 0.1) is 0 Å². The van der Waals surface area contributed by atoms with Gasteiger partial charge in [0.05, 0.1) is 0 Å². The first-order valence-corrected chi connectivity index (χ1v) is 1.46. The number of halogens is 3. The number of carbonyl (C=O) groups is 1. The van der Waals surface area contributed by atoms with Crippen molar-refractivity contribution in [2.75, 3.05) is 6.67 Å². The molecule has 1 atom stereocenters. The Morgan fingerprint density at radius 3 is 2.14 bits per heavy atom. The Labute approximate surface area is 46.1 Å². The standard InChI is InChI=1S/C3H4F2O.ClH/c4-1-3(5)2-6;/h2-3H,1H2;1H. The second-order valence-electron chi connectivity index (χ2n) is 0.806. The van der Waals surface area contributed by atoms with Crippen LogP contribution in [0.1, 0.15) is 0 Å². The largest absolute Gasteiger partial charge is 0.300 e. The predicted octanol–water partition coefficient (Wildman–Crippen LogP) is 0.915. The first-order chi connectivity index (χ1) is 2.81. The number of aldehydes is 1. The minimum atomic E-state index is -1.91. The van der Waals surface area contributed by atoms with Gasteiger partial charge in [0.15, 0.2) is 12.5 Å². The van der Waals surface area contributed by atoms with Crippen molar-refractivity contribution in [2.24, 2.45) is 0 Å². The summed E-state index contributed by atoms with van der Waals surface area (Å²) in [5.41, 5.74) is 0. The Balaban J connectivity index is 0. The zero-order chi connectivity index (χ0) is 4.99. The molecular formula is C3H5ClF2O. The van der Waals surface area contributed by atoms with Crippen molar-refractivity contribution in [1.82, 2.24) is 0 Å². The molecule has 7 heavy (non-hydrogen) atoms. The van der Waals surface area contributed by atoms with Crippen LogP contribution >= 0.6 is 12.4 Å². The van der Waals surface area contributed by atoms with Crippen LogP contribution in [-0.4, -0.2) is 19.1 Å². The topological polar surface area (TPSA) is 17.1 Å². The van der Waals surface area contributed by atoms with Gasteiger partial charge in [0.2, 0.25) is 0 Å². The zero-order valence-corrected chi connectivity index (χ0v) is 4.25. The summed E-state index contributed by atoms with van der Waals surface area (Å²) in [5.74, 6) is 0. The van der Waals surface area contributed by atoms with Gasteiger partial charge in [0, 0.05) is 0 Å². The summed E-state index contributed by atoms with van der Waals surface area (Å²) in [7, 11) is 0. The van der Waals surface area contributed by atoms with Gasteiger partial charge in [-0.2, -0.15) is 0 Å². The van der Waals surface area contributed by atoms with Gasteiger partial charge in [-0.15, -0.1) is 12.4 Å². The van der Waals surface area contributed by atoms with Crippen LogP contribution in [0.25, 0.3) is 0 Å². The highest BCUT2D eigenvalue weighted by Crippen LogP contribution is 1.82. The third-order valence-electron chi connectivity index (χ3n) is 0.295. The highest BCUT2D eigenvalue weighted by Gasteiger charge is 1.98. The monoisotopic (exact) mass is 130 g/mol. The lowest BCUT2D eigenvalue weighted by Gasteiger charge is -1.82. The molecule has 0 amide bonds. The summed E-state index contributed by atoms with van der Waals surface area (Å²) in [6.07, 6.45) is -1.98. The molecule has 0 saturated carbocycles. The van der Waals surface area contributed by atoms with Gasteiger partial charge in [-0.3, -0.25) is 0 Å². The molecule has 0 aromatic rings. The van der Waals surface area contributed by atoms with Crippen molar-refractivity contribution >= 4 is 18.7 Å². The summed E-state index contributed by atoms with van der Waals surface area (Å²) in [5, 5.41) is 0. The van der Waals surface area contributed by atoms with Crippen molar-refractivity contribution in [3.8, 4) is 0 Å². The summed E-state index contributed by atoms with van der Waals surface area (Å²) < 4.78 is 21.9. The van der Waals surface area contributed by atoms with Crippen LogP contribution in [0.2, 0.25) is 0 Å². The smallest absolute Gasteiger partial charge is 0.183 e. The minimum absolute atomic E-state index is 0. The number of hydrogen-bond donors (Lipinski definition) is 0. The molecule has 0 N–H and O–H groups in total. The Hall–Kier alpha value is -0.180. The molecule has 0 spiro atoms. The fourth-order valence-electron chi connectivity index (χ4n) is 0.0364. The van der Waals surface area contributed by atoms with Crippen LogP contribution in [0.4, 0.5) is 8.78 Å². The van der Waals surface area contributed by atoms with Crippen molar-refractivity contribution in [3.05, 3.63) is 0 Å². The van der Waals surface area contributed by atoms with Gasteiger partial charge >= 0.3 is 0 Å². The minimum Gasteiger partial charge on any atom is -0.300 e. The van der Waals surface area contributed by atoms with E-state index in [4.69, 9.17) is 4.79 Å². The van der Waals surface area contributed by atoms with E-state index in [9.17, 15) is 8.78 Å². The normalized spacial score (nSPS) is 11.7. The molecule has 0 rings (SSSR count). The molecule has 4 heteroatoms. The second kappa shape index (κ2) is 5.82. The molecule has 0 aliphatic carbocycles. The lowest BCUT2D eigenvalue weighted by atomic mass is 10.5. The maximum atomic E-state index is 11.1. The second-order valence-corrected chi connectivity index (χ2v) is 0.806. The molecule has 0 saturated heterocycles. The zero-order valence-electron chi connectivity index (χ0n) is 3.43. The molecule has 0 aliphatic rings. The first kappa shape index (κ1) is 9.94. The third kappa shape index (κ3) is 5.82. The van der Waals surface area contributed by atoms with E-state index in [1.54, 1.807) is 0 Å². The van der Waals surface area contributed by atoms with Gasteiger partial charge < -0.3 is 4.79 Å². The molecule has 0 heterocycles. The summed E-state index contributed by atoms with van der Waals surface area (Å²) >= 11 is 0. The Kier molecular flexibility index (Phi) is 8.27. The molecule has 0 fully saturated rings. The van der Waals surface area contributed by atoms with E-state index in [2.05, 4.69) is 0 Å². The predicted molar refractivity (Wildman–Crippen MR) is 24.2 cm³/mol. The number of hydrogen-bond acceptors (Lipinski definition) is 1. The van der Waals surface area contributed by atoms with Gasteiger partial charge in [-0.25, -0.2) is 8.78 Å². The highest BCUT2D eigenvalue weighted by atomic mass is 35.5. The number of alkyl halides is 2. The SMILES string of the molecule is Cl.O=CC(F)CF. The molecule has 0 radical (unpaired) electrons. The summed E-state index contributed by atoms with van der Waals surface area (Å²) in [6.45, 7) is -1.20. The molecular weight excluding hydrogens is 125 g/mol. The van der Waals surface area contributed by atoms with Crippen molar-refractivity contribution < 1.29 is 13.6 Å². The number of rotatable bonds is 2. The van der Waals surface area contributed by atoms with Crippen molar-refractivity contribution in [3.63, 3.8) is 0 Å². The van der Waals surface area contributed by atoms with Crippen molar-refractivity contribution in [1.29, 1.82) is 0 Å². The van der Waals surface area contributed by atoms with E-state index in [1.165, 1.54) is 0 Å². The molecule has 0 bridgehead atoms. The molecule has 0 aromatic heterocycles. The van der Waals surface area contributed by atoms with Crippen LogP contribution in [-0.2, 0) is 4.79 Å². The molecule has 0 aliphatic heterocycles. The average molecular weight is 131 g/mol. The van der Waals surface area contributed by atoms with E-state index in [-0.39, 0.29) is 18.7 Å². The fourth-order valence-corrected chi connectivity index (χ4v) is 0.0364. The maximum absolute atomic E-state index is 11.1. The average Bonchev–Trinajstić information content (AvgIpc) is 1.65. The third-order valence-corrected chi connectivity index (χ3v) is 0.295. The van der Waals surface area contributed by atoms with E-state index in [0.29, 0.717) is 0 Å². The van der Waals surface area contributed by atoms with Gasteiger partial charge in [0.1, 0.15) is 6.67 Å². The highest BCUT2D eigenvalue weighted by molar-refractivity contribution is 5.85. The van der Waals surface area contributed by atoms with E-state index in [0.717, 1.165) is 0 Å². The van der Waals surface area contributed by atoms with Gasteiger partial charge in [-0.05, 0) is 0 Å². The lowest BCUT2D eigenvalue weighted by Crippen LogP contribution is -2.01. The Morgan fingerprint density at radius 2 is 2.14 bits per heavy atom. The van der Waals surface area contributed by atoms with Gasteiger partial charge in [-0.1, -0.05) is 0 Å². The van der Waals surface area contributed by atoms with Crippen molar-refractivity contribution in [2.45, 2.75) is 6.17 Å². The van der Waals surface area contributed by atoms with Crippen LogP contribution in [0.5, 0.6) is 0 Å². The van der Waals surface area contributed by atoms with E-state index in [1.807, 2.05) is 0 Å². The van der Waals surface area contributed by atoms with E-state index >= 15 is 0 Å².